The molecular weight excluding hydrogens is 757 g/mol. The quantitative estimate of drug-likeness (QED) is 0.159. The van der Waals surface area contributed by atoms with Gasteiger partial charge in [-0.05, 0) is 54.7 Å². The van der Waals surface area contributed by atoms with Crippen LogP contribution in [0.25, 0.3) is 0 Å². The third-order valence-electron chi connectivity index (χ3n) is 12.8. The van der Waals surface area contributed by atoms with E-state index < -0.39 is 17.9 Å². The fraction of sp³-hybridized carbons (Fsp3) is 0.500. The lowest BCUT2D eigenvalue weighted by Crippen LogP contribution is -2.61. The van der Waals surface area contributed by atoms with Gasteiger partial charge in [0.2, 0.25) is 23.6 Å². The molecule has 2 saturated heterocycles. The maximum absolute atomic E-state index is 14.0. The zero-order valence-electron chi connectivity index (χ0n) is 35.0. The first-order valence-corrected chi connectivity index (χ1v) is 22.1. The minimum absolute atomic E-state index is 0.0191. The number of hydrogen-bond donors (Lipinski definition) is 3. The predicted octanol–water partition coefficient (Wildman–Crippen LogP) is 5.26. The summed E-state index contributed by atoms with van der Waals surface area (Å²) in [6.45, 7) is 4.95. The molecule has 0 aromatic heterocycles. The van der Waals surface area contributed by atoms with Gasteiger partial charge < -0.3 is 30.7 Å². The number of carbonyl (C=O) groups excluding carboxylic acids is 6. The minimum atomic E-state index is -0.788. The Morgan fingerprint density at radius 2 is 1.05 bits per heavy atom. The van der Waals surface area contributed by atoms with Gasteiger partial charge in [-0.2, -0.15) is 0 Å². The van der Waals surface area contributed by atoms with E-state index in [1.165, 1.54) is 48.6 Å². The Balaban J connectivity index is 0.964. The zero-order chi connectivity index (χ0) is 42.2. The summed E-state index contributed by atoms with van der Waals surface area (Å²) in [7, 11) is 0. The standard InChI is InChI=1S/C48H60N6O6/c1-3-4-5-6-7-8-15-24-49-46(58)43-31-52(25-26-54(43)32(2)55)47(59)35-20-22-36(23-21-35)48(60)53-29-39(44(56)50-41-27-37(41)33-16-11-9-12-17-33)40(30-53)45(57)51-42-28-38(42)34-18-13-10-14-19-34/h9-14,16-23,37-43H,3-8,15,24-31H2,1-2H3,(H,49,58)(H,50,56)(H,51,57)/t37-,38-,39-,40-,41+,42+,43+/m1/s1. The summed E-state index contributed by atoms with van der Waals surface area (Å²) in [5.41, 5.74) is 3.03. The second kappa shape index (κ2) is 19.7. The number of piperazine rings is 1. The molecule has 4 aliphatic rings. The molecule has 12 heteroatoms. The Labute approximate surface area is 353 Å². The van der Waals surface area contributed by atoms with E-state index >= 15 is 0 Å². The van der Waals surface area contributed by atoms with Gasteiger partial charge in [0, 0.05) is 74.7 Å². The van der Waals surface area contributed by atoms with Crippen LogP contribution < -0.4 is 16.0 Å². The van der Waals surface area contributed by atoms with Gasteiger partial charge in [-0.15, -0.1) is 0 Å². The van der Waals surface area contributed by atoms with Gasteiger partial charge in [-0.25, -0.2) is 0 Å². The zero-order valence-corrected chi connectivity index (χ0v) is 35.0. The molecule has 6 amide bonds. The fourth-order valence-electron chi connectivity index (χ4n) is 9.03. The molecule has 60 heavy (non-hydrogen) atoms. The molecule has 2 saturated carbocycles. The number of nitrogens with zero attached hydrogens (tertiary/aromatic N) is 3. The number of unbranched alkanes of at least 4 members (excludes halogenated alkanes) is 6. The van der Waals surface area contributed by atoms with Gasteiger partial charge in [0.05, 0.1) is 18.4 Å². The SMILES string of the molecule is CCCCCCCCCNC(=O)[C@@H]1CN(C(=O)c2ccc(C(=O)N3C[C@@H](C(=O)N[C@H]4C[C@@H]4c4ccccc4)[C@H](C(=O)N[C@H]4C[C@@H]4c4ccccc4)C3)cc2)CCN1C(C)=O. The highest BCUT2D eigenvalue weighted by atomic mass is 16.2. The molecule has 4 fully saturated rings. The normalized spacial score (nSPS) is 24.4. The lowest BCUT2D eigenvalue weighted by atomic mass is 9.94. The molecule has 2 aliphatic carbocycles. The molecule has 3 aromatic rings. The van der Waals surface area contributed by atoms with Crippen LogP contribution in [0.15, 0.2) is 84.9 Å². The van der Waals surface area contributed by atoms with Crippen molar-refractivity contribution in [2.45, 2.75) is 102 Å². The van der Waals surface area contributed by atoms with Gasteiger partial charge in [-0.3, -0.25) is 28.8 Å². The maximum atomic E-state index is 14.0. The molecule has 2 heterocycles. The second-order valence-corrected chi connectivity index (χ2v) is 17.1. The van der Waals surface area contributed by atoms with E-state index in [1.54, 1.807) is 34.1 Å². The molecular formula is C48H60N6O6. The highest BCUT2D eigenvalue weighted by Gasteiger charge is 2.49. The summed E-state index contributed by atoms with van der Waals surface area (Å²) in [5.74, 6) is -2.51. The van der Waals surface area contributed by atoms with Crippen LogP contribution in [0.3, 0.4) is 0 Å². The molecule has 0 spiro atoms. The smallest absolute Gasteiger partial charge is 0.253 e. The molecule has 0 bridgehead atoms. The topological polar surface area (TPSA) is 148 Å². The first-order chi connectivity index (χ1) is 29.1. The van der Waals surface area contributed by atoms with E-state index in [-0.39, 0.29) is 92.1 Å². The van der Waals surface area contributed by atoms with Crippen molar-refractivity contribution in [3.63, 3.8) is 0 Å². The van der Waals surface area contributed by atoms with Crippen molar-refractivity contribution in [3.05, 3.63) is 107 Å². The van der Waals surface area contributed by atoms with Gasteiger partial charge >= 0.3 is 0 Å². The number of likely N-dealkylation sites (tertiary alicyclic amines) is 1. The van der Waals surface area contributed by atoms with Gasteiger partial charge in [-0.1, -0.05) is 106 Å². The van der Waals surface area contributed by atoms with Crippen LogP contribution in [0.1, 0.15) is 115 Å². The molecule has 2 aliphatic heterocycles. The van der Waals surface area contributed by atoms with Crippen LogP contribution >= 0.6 is 0 Å². The summed E-state index contributed by atoms with van der Waals surface area (Å²) in [6, 6.07) is 25.7. The van der Waals surface area contributed by atoms with Crippen molar-refractivity contribution in [3.8, 4) is 0 Å². The van der Waals surface area contributed by atoms with Crippen LogP contribution in [0.5, 0.6) is 0 Å². The number of hydrogen-bond acceptors (Lipinski definition) is 6. The monoisotopic (exact) mass is 816 g/mol. The van der Waals surface area contributed by atoms with Crippen molar-refractivity contribution in [2.75, 3.05) is 39.3 Å². The predicted molar refractivity (Wildman–Crippen MR) is 229 cm³/mol. The highest BCUT2D eigenvalue weighted by molar-refractivity contribution is 5.99. The maximum Gasteiger partial charge on any atom is 0.253 e. The Morgan fingerprint density at radius 1 is 0.567 bits per heavy atom. The van der Waals surface area contributed by atoms with Crippen molar-refractivity contribution in [2.24, 2.45) is 11.8 Å². The van der Waals surface area contributed by atoms with Crippen LogP contribution in [-0.2, 0) is 19.2 Å². The minimum Gasteiger partial charge on any atom is -0.354 e. The molecule has 7 atom stereocenters. The van der Waals surface area contributed by atoms with Gasteiger partial charge in [0.15, 0.2) is 0 Å². The van der Waals surface area contributed by atoms with Gasteiger partial charge in [0.1, 0.15) is 6.04 Å². The Bertz CT molecular complexity index is 1920. The molecule has 12 nitrogen and oxygen atoms in total. The number of amides is 6. The first kappa shape index (κ1) is 42.6. The molecule has 3 aromatic carbocycles. The number of nitrogens with one attached hydrogen (secondary N) is 3. The lowest BCUT2D eigenvalue weighted by molar-refractivity contribution is -0.141. The van der Waals surface area contributed by atoms with Crippen molar-refractivity contribution < 1.29 is 28.8 Å². The van der Waals surface area contributed by atoms with E-state index in [0.29, 0.717) is 17.7 Å². The van der Waals surface area contributed by atoms with Crippen molar-refractivity contribution in [1.29, 1.82) is 0 Å². The summed E-state index contributed by atoms with van der Waals surface area (Å²) in [5, 5.41) is 9.34. The molecule has 0 unspecified atom stereocenters. The van der Waals surface area contributed by atoms with E-state index in [4.69, 9.17) is 0 Å². The largest absolute Gasteiger partial charge is 0.354 e. The Hall–Kier alpha value is -5.52. The van der Waals surface area contributed by atoms with E-state index in [2.05, 4.69) is 47.1 Å². The summed E-state index contributed by atoms with van der Waals surface area (Å²) in [4.78, 5) is 86.0. The van der Waals surface area contributed by atoms with E-state index in [0.717, 1.165) is 32.1 Å². The van der Waals surface area contributed by atoms with E-state index in [1.807, 2.05) is 36.4 Å². The highest BCUT2D eigenvalue weighted by Crippen LogP contribution is 2.42. The molecule has 318 valence electrons. The van der Waals surface area contributed by atoms with Crippen molar-refractivity contribution in [1.82, 2.24) is 30.7 Å². The summed E-state index contributed by atoms with van der Waals surface area (Å²) in [6.07, 6.45) is 9.55. The molecule has 7 rings (SSSR count). The molecule has 3 N–H and O–H groups in total. The van der Waals surface area contributed by atoms with Gasteiger partial charge in [0.25, 0.3) is 11.8 Å². The van der Waals surface area contributed by atoms with Crippen LogP contribution in [0, 0.1) is 11.8 Å². The van der Waals surface area contributed by atoms with Crippen molar-refractivity contribution >= 4 is 35.4 Å². The fourth-order valence-corrected chi connectivity index (χ4v) is 9.03. The average molecular weight is 817 g/mol. The number of rotatable bonds is 17. The number of carbonyl (C=O) groups is 6. The molecule has 0 radical (unpaired) electrons. The third-order valence-corrected chi connectivity index (χ3v) is 12.8. The van der Waals surface area contributed by atoms with Crippen LogP contribution in [0.2, 0.25) is 0 Å². The average Bonchev–Trinajstić information content (AvgIpc) is 4.18. The second-order valence-electron chi connectivity index (χ2n) is 17.1. The van der Waals surface area contributed by atoms with Crippen LogP contribution in [-0.4, -0.2) is 108 Å². The van der Waals surface area contributed by atoms with E-state index in [9.17, 15) is 28.8 Å². The lowest BCUT2D eigenvalue weighted by Gasteiger charge is -2.40. The number of benzene rings is 3. The first-order valence-electron chi connectivity index (χ1n) is 22.1. The summed E-state index contributed by atoms with van der Waals surface area (Å²) >= 11 is 0. The summed E-state index contributed by atoms with van der Waals surface area (Å²) < 4.78 is 0. The third kappa shape index (κ3) is 10.4. The van der Waals surface area contributed by atoms with Crippen LogP contribution in [0.4, 0.5) is 0 Å². The Morgan fingerprint density at radius 3 is 1.55 bits per heavy atom. The Kier molecular flexibility index (Phi) is 14.0.